The fourth-order valence-corrected chi connectivity index (χ4v) is 3.06. The van der Waals surface area contributed by atoms with E-state index in [0.29, 0.717) is 25.9 Å². The first-order valence-corrected chi connectivity index (χ1v) is 8.23. The summed E-state index contributed by atoms with van der Waals surface area (Å²) in [6, 6.07) is 5.26. The van der Waals surface area contributed by atoms with Crippen molar-refractivity contribution in [2.45, 2.75) is 37.9 Å². The molecule has 134 valence electrons. The van der Waals surface area contributed by atoms with Crippen molar-refractivity contribution in [1.82, 2.24) is 19.9 Å². The lowest BCUT2D eigenvalue weighted by atomic mass is 10.0. The van der Waals surface area contributed by atoms with E-state index < -0.39 is 11.7 Å². The Kier molecular flexibility index (Phi) is 5.06. The van der Waals surface area contributed by atoms with Crippen LogP contribution < -0.4 is 0 Å². The molecule has 1 aromatic carbocycles. The summed E-state index contributed by atoms with van der Waals surface area (Å²) in [4.78, 5) is 14.1. The van der Waals surface area contributed by atoms with E-state index in [2.05, 4.69) is 10.3 Å². The molecule has 8 heteroatoms. The Hall–Kier alpha value is -2.38. The highest BCUT2D eigenvalue weighted by atomic mass is 19.4. The number of benzene rings is 1. The van der Waals surface area contributed by atoms with E-state index in [1.807, 2.05) is 15.8 Å². The zero-order valence-corrected chi connectivity index (χ0v) is 13.6. The number of carbonyl (C=O) groups is 1. The van der Waals surface area contributed by atoms with Crippen LogP contribution in [-0.4, -0.2) is 38.9 Å². The second-order valence-electron chi connectivity index (χ2n) is 6.19. The molecule has 1 saturated heterocycles. The van der Waals surface area contributed by atoms with Crippen LogP contribution in [0.4, 0.5) is 13.2 Å². The maximum absolute atomic E-state index is 12.5. The summed E-state index contributed by atoms with van der Waals surface area (Å²) >= 11 is 0. The number of halogens is 3. The van der Waals surface area contributed by atoms with Crippen LogP contribution in [0.1, 0.15) is 36.4 Å². The number of alkyl halides is 3. The smallest absolute Gasteiger partial charge is 0.343 e. The molecule has 5 nitrogen and oxygen atoms in total. The normalized spacial score (nSPS) is 16.2. The summed E-state index contributed by atoms with van der Waals surface area (Å²) < 4.78 is 39.4. The predicted molar refractivity (Wildman–Crippen MR) is 84.6 cm³/mol. The van der Waals surface area contributed by atoms with Gasteiger partial charge in [0.15, 0.2) is 0 Å². The maximum atomic E-state index is 12.5. The van der Waals surface area contributed by atoms with E-state index in [1.54, 1.807) is 6.20 Å². The van der Waals surface area contributed by atoms with Crippen LogP contribution in [0.2, 0.25) is 0 Å². The molecule has 3 rings (SSSR count). The molecule has 0 atom stereocenters. The summed E-state index contributed by atoms with van der Waals surface area (Å²) in [6.07, 6.45) is 1.54. The molecule has 0 unspecified atom stereocenters. The van der Waals surface area contributed by atoms with E-state index in [9.17, 15) is 18.0 Å². The average Bonchev–Trinajstić information content (AvgIpc) is 3.14. The number of nitrogens with zero attached hydrogens (tertiary/aromatic N) is 4. The minimum atomic E-state index is -4.33. The third-order valence-corrected chi connectivity index (χ3v) is 4.54. The Morgan fingerprint density at radius 3 is 2.40 bits per heavy atom. The number of hydrogen-bond acceptors (Lipinski definition) is 3. The molecule has 1 aliphatic heterocycles. The quantitative estimate of drug-likeness (QED) is 0.850. The van der Waals surface area contributed by atoms with Gasteiger partial charge in [-0.05, 0) is 37.0 Å². The molecule has 0 radical (unpaired) electrons. The van der Waals surface area contributed by atoms with E-state index in [1.165, 1.54) is 12.1 Å². The second-order valence-corrected chi connectivity index (χ2v) is 6.19. The Morgan fingerprint density at radius 2 is 1.84 bits per heavy atom. The fraction of sp³-hybridized carbons (Fsp3) is 0.471. The molecule has 0 spiro atoms. The Balaban J connectivity index is 1.47. The van der Waals surface area contributed by atoms with Gasteiger partial charge < -0.3 is 4.90 Å². The third-order valence-electron chi connectivity index (χ3n) is 4.54. The molecule has 25 heavy (non-hydrogen) atoms. The van der Waals surface area contributed by atoms with Crippen molar-refractivity contribution < 1.29 is 18.0 Å². The number of likely N-dealkylation sites (tertiary alicyclic amines) is 1. The number of aromatic nitrogens is 3. The molecular formula is C17H19F3N4O. The summed E-state index contributed by atoms with van der Waals surface area (Å²) in [5.74, 6) is 0.0388. The van der Waals surface area contributed by atoms with Crippen molar-refractivity contribution in [2.75, 3.05) is 13.1 Å². The number of amides is 1. The van der Waals surface area contributed by atoms with Crippen LogP contribution >= 0.6 is 0 Å². The first kappa shape index (κ1) is 17.4. The number of rotatable bonds is 4. The lowest BCUT2D eigenvalue weighted by Crippen LogP contribution is -2.39. The first-order valence-electron chi connectivity index (χ1n) is 8.23. The molecule has 0 N–H and O–H groups in total. The molecule has 0 saturated carbocycles. The number of aryl methyl sites for hydroxylation is 1. The predicted octanol–water partition coefficient (Wildman–Crippen LogP) is 3.09. The van der Waals surface area contributed by atoms with Crippen molar-refractivity contribution in [3.05, 3.63) is 47.8 Å². The van der Waals surface area contributed by atoms with Gasteiger partial charge in [0.1, 0.15) is 0 Å². The Morgan fingerprint density at radius 1 is 1.16 bits per heavy atom. The van der Waals surface area contributed by atoms with Crippen LogP contribution in [0.5, 0.6) is 0 Å². The van der Waals surface area contributed by atoms with Gasteiger partial charge in [-0.25, -0.2) is 4.68 Å². The van der Waals surface area contributed by atoms with Crippen molar-refractivity contribution in [2.24, 2.45) is 0 Å². The second kappa shape index (κ2) is 7.25. The van der Waals surface area contributed by atoms with Gasteiger partial charge in [-0.15, -0.1) is 5.10 Å². The summed E-state index contributed by atoms with van der Waals surface area (Å²) in [6.45, 7) is 1.33. The van der Waals surface area contributed by atoms with Gasteiger partial charge in [0.05, 0.1) is 17.8 Å². The van der Waals surface area contributed by atoms with Crippen molar-refractivity contribution in [3.63, 3.8) is 0 Å². The lowest BCUT2D eigenvalue weighted by molar-refractivity contribution is -0.137. The molecule has 2 aromatic rings. The summed E-state index contributed by atoms with van der Waals surface area (Å²) in [5, 5.41) is 7.79. The fourth-order valence-electron chi connectivity index (χ4n) is 3.06. The molecule has 2 heterocycles. The van der Waals surface area contributed by atoms with Gasteiger partial charge in [0, 0.05) is 25.7 Å². The zero-order valence-electron chi connectivity index (χ0n) is 13.6. The van der Waals surface area contributed by atoms with Crippen LogP contribution in [0.3, 0.4) is 0 Å². The van der Waals surface area contributed by atoms with Crippen molar-refractivity contribution in [3.8, 4) is 0 Å². The number of carbonyl (C=O) groups excluding carboxylic acids is 1. The highest BCUT2D eigenvalue weighted by Crippen LogP contribution is 2.29. The van der Waals surface area contributed by atoms with E-state index in [-0.39, 0.29) is 11.9 Å². The number of hydrogen-bond donors (Lipinski definition) is 0. The standard InChI is InChI=1S/C17H19F3N4O/c18-17(19,20)14-4-1-13(2-5-14)3-6-16(25)23-10-7-15(8-11-23)24-12-9-21-22-24/h1-2,4-5,9,12,15H,3,6-8,10-11H2. The molecule has 1 aromatic heterocycles. The van der Waals surface area contributed by atoms with E-state index >= 15 is 0 Å². The van der Waals surface area contributed by atoms with E-state index in [4.69, 9.17) is 0 Å². The van der Waals surface area contributed by atoms with Crippen molar-refractivity contribution >= 4 is 5.91 Å². The zero-order chi connectivity index (χ0) is 17.9. The van der Waals surface area contributed by atoms with Gasteiger partial charge in [0.2, 0.25) is 5.91 Å². The van der Waals surface area contributed by atoms with Gasteiger partial charge in [0.25, 0.3) is 0 Å². The topological polar surface area (TPSA) is 51.0 Å². The maximum Gasteiger partial charge on any atom is 0.416 e. The first-order chi connectivity index (χ1) is 11.9. The van der Waals surface area contributed by atoms with Crippen LogP contribution in [-0.2, 0) is 17.4 Å². The third kappa shape index (κ3) is 4.37. The summed E-state index contributed by atoms with van der Waals surface area (Å²) in [7, 11) is 0. The largest absolute Gasteiger partial charge is 0.416 e. The molecule has 0 aliphatic carbocycles. The van der Waals surface area contributed by atoms with E-state index in [0.717, 1.165) is 30.5 Å². The molecular weight excluding hydrogens is 333 g/mol. The van der Waals surface area contributed by atoms with Crippen molar-refractivity contribution in [1.29, 1.82) is 0 Å². The Labute approximate surface area is 143 Å². The lowest BCUT2D eigenvalue weighted by Gasteiger charge is -2.32. The van der Waals surface area contributed by atoms with Gasteiger partial charge >= 0.3 is 6.18 Å². The highest BCUT2D eigenvalue weighted by Gasteiger charge is 2.30. The average molecular weight is 352 g/mol. The van der Waals surface area contributed by atoms with Gasteiger partial charge in [-0.3, -0.25) is 4.79 Å². The number of piperidine rings is 1. The minimum Gasteiger partial charge on any atom is -0.343 e. The minimum absolute atomic E-state index is 0.0388. The Bertz CT molecular complexity index is 690. The highest BCUT2D eigenvalue weighted by molar-refractivity contribution is 5.76. The molecule has 1 fully saturated rings. The van der Waals surface area contributed by atoms with Crippen LogP contribution in [0, 0.1) is 0 Å². The monoisotopic (exact) mass is 352 g/mol. The summed E-state index contributed by atoms with van der Waals surface area (Å²) in [5.41, 5.74) is 0.0663. The van der Waals surface area contributed by atoms with Gasteiger partial charge in [-0.2, -0.15) is 13.2 Å². The molecule has 0 bridgehead atoms. The molecule has 1 aliphatic rings. The molecule has 1 amide bonds. The SMILES string of the molecule is O=C(CCc1ccc(C(F)(F)F)cc1)N1CCC(n2ccnn2)CC1. The van der Waals surface area contributed by atoms with Crippen LogP contribution in [0.15, 0.2) is 36.7 Å². The van der Waals surface area contributed by atoms with Crippen LogP contribution in [0.25, 0.3) is 0 Å². The van der Waals surface area contributed by atoms with Gasteiger partial charge in [-0.1, -0.05) is 17.3 Å².